The van der Waals surface area contributed by atoms with E-state index in [1.165, 1.54) is 12.5 Å². The Labute approximate surface area is 170 Å². The van der Waals surface area contributed by atoms with E-state index in [1.807, 2.05) is 0 Å². The minimum absolute atomic E-state index is 0.191. The lowest BCUT2D eigenvalue weighted by molar-refractivity contribution is -0.146. The molecule has 0 saturated heterocycles. The standard InChI is InChI=1S/C22H38O6/c1-3-25-17-11-5-7-13-19-27-21(23)15-9-10-16-22(24)28-20-14-8-6-12-18-26-4-2/h3-4H,1-2,5-20H2. The van der Waals surface area contributed by atoms with Gasteiger partial charge in [0.25, 0.3) is 0 Å². The molecule has 28 heavy (non-hydrogen) atoms. The van der Waals surface area contributed by atoms with Gasteiger partial charge in [-0.3, -0.25) is 9.59 Å². The third-order valence-electron chi connectivity index (χ3n) is 4.09. The smallest absolute Gasteiger partial charge is 0.305 e. The van der Waals surface area contributed by atoms with Crippen LogP contribution in [0.25, 0.3) is 0 Å². The van der Waals surface area contributed by atoms with Gasteiger partial charge in [-0.1, -0.05) is 13.2 Å². The minimum Gasteiger partial charge on any atom is -0.502 e. The number of unbranched alkanes of at least 4 members (excludes halogenated alkanes) is 7. The van der Waals surface area contributed by atoms with E-state index in [0.717, 1.165) is 51.4 Å². The molecule has 0 bridgehead atoms. The summed E-state index contributed by atoms with van der Waals surface area (Å²) in [7, 11) is 0. The van der Waals surface area contributed by atoms with Crippen LogP contribution in [0.2, 0.25) is 0 Å². The highest BCUT2D eigenvalue weighted by atomic mass is 16.5. The highest BCUT2D eigenvalue weighted by Gasteiger charge is 2.06. The number of carbonyl (C=O) groups excluding carboxylic acids is 2. The number of hydrogen-bond donors (Lipinski definition) is 0. The van der Waals surface area contributed by atoms with Gasteiger partial charge < -0.3 is 18.9 Å². The lowest BCUT2D eigenvalue weighted by Crippen LogP contribution is -2.08. The summed E-state index contributed by atoms with van der Waals surface area (Å²) in [6.07, 6.45) is 12.8. The van der Waals surface area contributed by atoms with Crippen LogP contribution < -0.4 is 0 Å². The molecule has 0 aliphatic heterocycles. The van der Waals surface area contributed by atoms with Crippen LogP contribution in [0.5, 0.6) is 0 Å². The summed E-state index contributed by atoms with van der Waals surface area (Å²) in [4.78, 5) is 23.2. The van der Waals surface area contributed by atoms with Crippen LogP contribution in [-0.4, -0.2) is 38.4 Å². The van der Waals surface area contributed by atoms with Crippen molar-refractivity contribution in [1.29, 1.82) is 0 Å². The Balaban J connectivity index is 3.32. The van der Waals surface area contributed by atoms with Gasteiger partial charge in [0.1, 0.15) is 0 Å². The Kier molecular flexibility index (Phi) is 19.8. The molecule has 162 valence electrons. The van der Waals surface area contributed by atoms with E-state index in [9.17, 15) is 9.59 Å². The molecule has 0 aromatic heterocycles. The van der Waals surface area contributed by atoms with Crippen molar-refractivity contribution in [2.75, 3.05) is 26.4 Å². The van der Waals surface area contributed by atoms with Crippen LogP contribution in [0, 0.1) is 0 Å². The Morgan fingerprint density at radius 3 is 1.25 bits per heavy atom. The van der Waals surface area contributed by atoms with E-state index >= 15 is 0 Å². The molecule has 0 aliphatic rings. The molecule has 0 fully saturated rings. The largest absolute Gasteiger partial charge is 0.502 e. The number of esters is 2. The van der Waals surface area contributed by atoms with Gasteiger partial charge in [0, 0.05) is 12.8 Å². The average molecular weight is 399 g/mol. The maximum atomic E-state index is 11.6. The van der Waals surface area contributed by atoms with Crippen LogP contribution in [0.15, 0.2) is 25.7 Å². The van der Waals surface area contributed by atoms with Crippen molar-refractivity contribution in [2.45, 2.75) is 77.0 Å². The zero-order valence-corrected chi connectivity index (χ0v) is 17.3. The normalized spacial score (nSPS) is 10.1. The van der Waals surface area contributed by atoms with Gasteiger partial charge in [0.15, 0.2) is 0 Å². The monoisotopic (exact) mass is 398 g/mol. The second kappa shape index (κ2) is 21.3. The van der Waals surface area contributed by atoms with Gasteiger partial charge in [0.2, 0.25) is 0 Å². The zero-order valence-electron chi connectivity index (χ0n) is 17.3. The van der Waals surface area contributed by atoms with E-state index in [1.54, 1.807) is 0 Å². The first-order valence-corrected chi connectivity index (χ1v) is 10.5. The lowest BCUT2D eigenvalue weighted by atomic mass is 10.2. The molecular weight excluding hydrogens is 360 g/mol. The third-order valence-corrected chi connectivity index (χ3v) is 4.09. The van der Waals surface area contributed by atoms with Gasteiger partial charge in [0.05, 0.1) is 39.0 Å². The number of hydrogen-bond acceptors (Lipinski definition) is 6. The van der Waals surface area contributed by atoms with E-state index in [2.05, 4.69) is 13.2 Å². The van der Waals surface area contributed by atoms with Gasteiger partial charge in [-0.15, -0.1) is 0 Å². The summed E-state index contributed by atoms with van der Waals surface area (Å²) in [5, 5.41) is 0. The Bertz CT molecular complexity index is 370. The SMILES string of the molecule is C=COCCCCCCOC(=O)CCCCC(=O)OCCCCCCOC=C. The number of rotatable bonds is 21. The summed E-state index contributed by atoms with van der Waals surface area (Å²) in [6.45, 7) is 9.28. The quantitative estimate of drug-likeness (QED) is 0.153. The first-order valence-electron chi connectivity index (χ1n) is 10.5. The molecule has 0 spiro atoms. The lowest BCUT2D eigenvalue weighted by Gasteiger charge is -2.06. The summed E-state index contributed by atoms with van der Waals surface area (Å²) >= 11 is 0. The fourth-order valence-electron chi connectivity index (χ4n) is 2.50. The van der Waals surface area contributed by atoms with Crippen molar-refractivity contribution >= 4 is 11.9 Å². The van der Waals surface area contributed by atoms with Crippen LogP contribution in [0.4, 0.5) is 0 Å². The minimum atomic E-state index is -0.191. The Morgan fingerprint density at radius 1 is 0.536 bits per heavy atom. The van der Waals surface area contributed by atoms with E-state index < -0.39 is 0 Å². The molecule has 0 heterocycles. The second-order valence-electron chi connectivity index (χ2n) is 6.55. The van der Waals surface area contributed by atoms with Crippen LogP contribution in [-0.2, 0) is 28.5 Å². The molecule has 0 saturated carbocycles. The summed E-state index contributed by atoms with van der Waals surface area (Å²) < 4.78 is 20.4. The van der Waals surface area contributed by atoms with Crippen LogP contribution in [0.3, 0.4) is 0 Å². The first kappa shape index (κ1) is 26.0. The van der Waals surface area contributed by atoms with E-state index in [4.69, 9.17) is 18.9 Å². The molecular formula is C22H38O6. The molecule has 6 nitrogen and oxygen atoms in total. The van der Waals surface area contributed by atoms with Crippen LogP contribution >= 0.6 is 0 Å². The van der Waals surface area contributed by atoms with Crippen molar-refractivity contribution in [1.82, 2.24) is 0 Å². The van der Waals surface area contributed by atoms with E-state index in [-0.39, 0.29) is 11.9 Å². The molecule has 0 aromatic rings. The van der Waals surface area contributed by atoms with Gasteiger partial charge in [-0.25, -0.2) is 0 Å². The summed E-state index contributed by atoms with van der Waals surface area (Å²) in [5.41, 5.74) is 0. The first-order chi connectivity index (χ1) is 13.7. The fourth-order valence-corrected chi connectivity index (χ4v) is 2.50. The maximum absolute atomic E-state index is 11.6. The maximum Gasteiger partial charge on any atom is 0.305 e. The predicted octanol–water partition coefficient (Wildman–Crippen LogP) is 5.07. The average Bonchev–Trinajstić information content (AvgIpc) is 2.69. The molecule has 6 heteroatoms. The third kappa shape index (κ3) is 20.3. The fraction of sp³-hybridized carbons (Fsp3) is 0.727. The van der Waals surface area contributed by atoms with Crippen molar-refractivity contribution in [3.8, 4) is 0 Å². The Morgan fingerprint density at radius 2 is 0.893 bits per heavy atom. The molecule has 0 aromatic carbocycles. The zero-order chi connectivity index (χ0) is 20.7. The predicted molar refractivity (Wildman–Crippen MR) is 110 cm³/mol. The van der Waals surface area contributed by atoms with Crippen molar-refractivity contribution in [2.24, 2.45) is 0 Å². The summed E-state index contributed by atoms with van der Waals surface area (Å²) in [5.74, 6) is -0.382. The van der Waals surface area contributed by atoms with Gasteiger partial charge in [-0.2, -0.15) is 0 Å². The Hall–Kier alpha value is -1.98. The molecule has 0 N–H and O–H groups in total. The van der Waals surface area contributed by atoms with Crippen LogP contribution in [0.1, 0.15) is 77.0 Å². The van der Waals surface area contributed by atoms with Crippen molar-refractivity contribution < 1.29 is 28.5 Å². The summed E-state index contributed by atoms with van der Waals surface area (Å²) in [6, 6.07) is 0. The highest BCUT2D eigenvalue weighted by molar-refractivity contribution is 5.70. The van der Waals surface area contributed by atoms with Gasteiger partial charge >= 0.3 is 11.9 Å². The molecule has 0 rings (SSSR count). The van der Waals surface area contributed by atoms with Gasteiger partial charge in [-0.05, 0) is 64.2 Å². The number of ether oxygens (including phenoxy) is 4. The molecule has 0 radical (unpaired) electrons. The second-order valence-corrected chi connectivity index (χ2v) is 6.55. The highest BCUT2D eigenvalue weighted by Crippen LogP contribution is 2.06. The van der Waals surface area contributed by atoms with Crippen molar-refractivity contribution in [3.63, 3.8) is 0 Å². The molecule has 0 aliphatic carbocycles. The topological polar surface area (TPSA) is 71.1 Å². The van der Waals surface area contributed by atoms with Crippen molar-refractivity contribution in [3.05, 3.63) is 25.7 Å². The number of carbonyl (C=O) groups is 2. The molecule has 0 atom stereocenters. The molecule has 0 unspecified atom stereocenters. The molecule has 0 amide bonds. The van der Waals surface area contributed by atoms with E-state index in [0.29, 0.717) is 52.1 Å².